The number of unbranched alkanes of at least 4 members (excludes halogenated alkanes) is 1. The van der Waals surface area contributed by atoms with Crippen LogP contribution in [-0.4, -0.2) is 46.5 Å². The number of aromatic nitrogens is 2. The second-order valence-corrected chi connectivity index (χ2v) is 8.46. The van der Waals surface area contributed by atoms with Gasteiger partial charge in [-0.2, -0.15) is 0 Å². The Kier molecular flexibility index (Phi) is 9.62. The molecule has 0 aromatic carbocycles. The number of H-pyrrole nitrogens is 1. The summed E-state index contributed by atoms with van der Waals surface area (Å²) >= 11 is 0. The monoisotopic (exact) mass is 421 g/mol. The van der Waals surface area contributed by atoms with Crippen molar-refractivity contribution in [1.29, 1.82) is 0 Å². The standard InChI is InChI=1S/C22H39N5O3/c1-4-6-15-26(19-20(23)27(14-5-2)22(30)24-21(19)29)18(28)16-25(3)17-12-10-8-7-9-11-13-17/h17H,4-16,23H2,1-3H3,(H,24,29,30). The first kappa shape index (κ1) is 24.2. The summed E-state index contributed by atoms with van der Waals surface area (Å²) in [7, 11) is 1.99. The molecular weight excluding hydrogens is 382 g/mol. The Morgan fingerprint density at radius 1 is 1.10 bits per heavy atom. The minimum atomic E-state index is -0.595. The van der Waals surface area contributed by atoms with Crippen LogP contribution >= 0.6 is 0 Å². The normalized spacial score (nSPS) is 15.7. The van der Waals surface area contributed by atoms with E-state index >= 15 is 0 Å². The molecule has 1 aliphatic carbocycles. The van der Waals surface area contributed by atoms with E-state index in [2.05, 4.69) is 9.88 Å². The fraction of sp³-hybridized carbons (Fsp3) is 0.773. The van der Waals surface area contributed by atoms with Crippen LogP contribution in [0.15, 0.2) is 9.59 Å². The van der Waals surface area contributed by atoms with E-state index in [4.69, 9.17) is 5.73 Å². The van der Waals surface area contributed by atoms with E-state index in [1.807, 2.05) is 20.9 Å². The van der Waals surface area contributed by atoms with Crippen LogP contribution in [-0.2, 0) is 11.3 Å². The molecule has 170 valence electrons. The van der Waals surface area contributed by atoms with Gasteiger partial charge in [-0.25, -0.2) is 4.79 Å². The highest BCUT2D eigenvalue weighted by Gasteiger charge is 2.26. The molecule has 3 N–H and O–H groups in total. The largest absolute Gasteiger partial charge is 0.383 e. The topological polar surface area (TPSA) is 104 Å². The van der Waals surface area contributed by atoms with Gasteiger partial charge in [0, 0.05) is 19.1 Å². The molecule has 1 aromatic rings. The summed E-state index contributed by atoms with van der Waals surface area (Å²) < 4.78 is 1.35. The van der Waals surface area contributed by atoms with Crippen LogP contribution in [0.5, 0.6) is 0 Å². The number of carbonyl (C=O) groups is 1. The number of anilines is 2. The number of aromatic amines is 1. The van der Waals surface area contributed by atoms with E-state index in [0.717, 1.165) is 25.7 Å². The third kappa shape index (κ3) is 6.20. The molecule has 1 aromatic heterocycles. The number of nitrogens with two attached hydrogens (primary N) is 1. The van der Waals surface area contributed by atoms with Crippen molar-refractivity contribution in [1.82, 2.24) is 14.5 Å². The van der Waals surface area contributed by atoms with Crippen molar-refractivity contribution in [2.75, 3.05) is 30.8 Å². The Morgan fingerprint density at radius 3 is 2.33 bits per heavy atom. The Labute approximate surface area is 179 Å². The number of carbonyl (C=O) groups excluding carboxylic acids is 1. The zero-order valence-electron chi connectivity index (χ0n) is 18.9. The van der Waals surface area contributed by atoms with Crippen molar-refractivity contribution >= 4 is 17.4 Å². The van der Waals surface area contributed by atoms with Crippen LogP contribution < -0.4 is 21.9 Å². The third-order valence-corrected chi connectivity index (χ3v) is 6.05. The lowest BCUT2D eigenvalue weighted by Gasteiger charge is -2.32. The minimum absolute atomic E-state index is 0.0728. The number of rotatable bonds is 9. The van der Waals surface area contributed by atoms with E-state index in [0.29, 0.717) is 25.6 Å². The molecule has 0 saturated heterocycles. The molecule has 0 unspecified atom stereocenters. The fourth-order valence-corrected chi connectivity index (χ4v) is 4.26. The molecule has 1 aliphatic rings. The Hall–Kier alpha value is -2.09. The fourth-order valence-electron chi connectivity index (χ4n) is 4.26. The zero-order valence-corrected chi connectivity index (χ0v) is 18.9. The first-order valence-electron chi connectivity index (χ1n) is 11.5. The number of amides is 1. The van der Waals surface area contributed by atoms with Gasteiger partial charge in [0.25, 0.3) is 5.56 Å². The first-order valence-corrected chi connectivity index (χ1v) is 11.5. The predicted octanol–water partition coefficient (Wildman–Crippen LogP) is 2.71. The maximum atomic E-state index is 13.3. The van der Waals surface area contributed by atoms with Crippen LogP contribution in [0.4, 0.5) is 11.5 Å². The van der Waals surface area contributed by atoms with Gasteiger partial charge in [0.2, 0.25) is 5.91 Å². The summed E-state index contributed by atoms with van der Waals surface area (Å²) in [4.78, 5) is 44.1. The van der Waals surface area contributed by atoms with Gasteiger partial charge in [0.1, 0.15) is 5.82 Å². The Bertz CT molecular complexity index is 793. The van der Waals surface area contributed by atoms with Crippen molar-refractivity contribution in [3.63, 3.8) is 0 Å². The Morgan fingerprint density at radius 2 is 1.73 bits per heavy atom. The second kappa shape index (κ2) is 11.9. The molecular formula is C22H39N5O3. The number of nitrogen functional groups attached to an aromatic ring is 1. The van der Waals surface area contributed by atoms with Crippen LogP contribution in [0.2, 0.25) is 0 Å². The molecule has 1 heterocycles. The van der Waals surface area contributed by atoms with Crippen molar-refractivity contribution < 1.29 is 4.79 Å². The van der Waals surface area contributed by atoms with E-state index in [9.17, 15) is 14.4 Å². The van der Waals surface area contributed by atoms with E-state index in [-0.39, 0.29) is 24.0 Å². The Balaban J connectivity index is 2.28. The van der Waals surface area contributed by atoms with Crippen molar-refractivity contribution in [2.24, 2.45) is 0 Å². The van der Waals surface area contributed by atoms with Gasteiger partial charge in [0.05, 0.1) is 6.54 Å². The van der Waals surface area contributed by atoms with Gasteiger partial charge in [-0.1, -0.05) is 52.4 Å². The van der Waals surface area contributed by atoms with Gasteiger partial charge in [-0.05, 0) is 32.7 Å². The van der Waals surface area contributed by atoms with E-state index < -0.39 is 11.2 Å². The highest BCUT2D eigenvalue weighted by Crippen LogP contribution is 2.22. The van der Waals surface area contributed by atoms with E-state index in [1.54, 1.807) is 0 Å². The van der Waals surface area contributed by atoms with Crippen molar-refractivity contribution in [3.8, 4) is 0 Å². The molecule has 1 saturated carbocycles. The maximum absolute atomic E-state index is 13.3. The van der Waals surface area contributed by atoms with Gasteiger partial charge in [0.15, 0.2) is 5.69 Å². The number of nitrogens with one attached hydrogen (secondary N) is 1. The summed E-state index contributed by atoms with van der Waals surface area (Å²) in [5.74, 6) is -0.0735. The van der Waals surface area contributed by atoms with Crippen LogP contribution in [0.1, 0.15) is 78.1 Å². The lowest BCUT2D eigenvalue weighted by molar-refractivity contribution is -0.120. The molecule has 2 rings (SSSR count). The molecule has 1 fully saturated rings. The molecule has 30 heavy (non-hydrogen) atoms. The summed E-state index contributed by atoms with van der Waals surface area (Å²) in [6, 6.07) is 0.381. The van der Waals surface area contributed by atoms with Crippen LogP contribution in [0.25, 0.3) is 0 Å². The lowest BCUT2D eigenvalue weighted by Crippen LogP contribution is -2.46. The molecule has 8 heteroatoms. The number of likely N-dealkylation sites (N-methyl/N-ethyl adjacent to an activating group) is 1. The molecule has 8 nitrogen and oxygen atoms in total. The van der Waals surface area contributed by atoms with Crippen molar-refractivity contribution in [3.05, 3.63) is 20.8 Å². The molecule has 1 amide bonds. The average molecular weight is 422 g/mol. The van der Waals surface area contributed by atoms with Gasteiger partial charge in [-0.15, -0.1) is 0 Å². The smallest absolute Gasteiger partial charge is 0.330 e. The van der Waals surface area contributed by atoms with Gasteiger partial charge in [-0.3, -0.25) is 24.0 Å². The first-order chi connectivity index (χ1) is 14.4. The third-order valence-electron chi connectivity index (χ3n) is 6.05. The quantitative estimate of drug-likeness (QED) is 0.638. The molecule has 0 radical (unpaired) electrons. The van der Waals surface area contributed by atoms with Gasteiger partial charge >= 0.3 is 5.69 Å². The maximum Gasteiger partial charge on any atom is 0.330 e. The second-order valence-electron chi connectivity index (χ2n) is 8.46. The zero-order chi connectivity index (χ0) is 22.1. The predicted molar refractivity (Wildman–Crippen MR) is 122 cm³/mol. The minimum Gasteiger partial charge on any atom is -0.383 e. The van der Waals surface area contributed by atoms with Gasteiger partial charge < -0.3 is 10.6 Å². The number of hydrogen-bond donors (Lipinski definition) is 2. The summed E-state index contributed by atoms with van der Waals surface area (Å²) in [6.07, 6.45) is 10.7. The summed E-state index contributed by atoms with van der Waals surface area (Å²) in [5, 5.41) is 0. The van der Waals surface area contributed by atoms with Crippen LogP contribution in [0.3, 0.4) is 0 Å². The average Bonchev–Trinajstić information content (AvgIpc) is 2.67. The van der Waals surface area contributed by atoms with E-state index in [1.165, 1.54) is 41.6 Å². The van der Waals surface area contributed by atoms with Crippen molar-refractivity contribution in [2.45, 2.75) is 90.6 Å². The molecule has 0 aliphatic heterocycles. The number of hydrogen-bond acceptors (Lipinski definition) is 5. The highest BCUT2D eigenvalue weighted by atomic mass is 16.2. The van der Waals surface area contributed by atoms with Crippen LogP contribution in [0, 0.1) is 0 Å². The SMILES string of the molecule is CCCCN(C(=O)CN(C)C1CCCCCCC1)c1c(N)n(CCC)c(=O)[nH]c1=O. The summed E-state index contributed by atoms with van der Waals surface area (Å²) in [6.45, 7) is 5.01. The molecule has 0 bridgehead atoms. The highest BCUT2D eigenvalue weighted by molar-refractivity contribution is 5.96. The molecule has 0 atom stereocenters. The molecule has 0 spiro atoms. The summed E-state index contributed by atoms with van der Waals surface area (Å²) in [5.41, 5.74) is 5.21. The lowest BCUT2D eigenvalue weighted by atomic mass is 9.96. The number of nitrogens with zero attached hydrogens (tertiary/aromatic N) is 3.